The molecule has 5 heteroatoms. The number of fused-ring (bicyclic) bond motifs is 5. The van der Waals surface area contributed by atoms with Crippen LogP contribution in [0.1, 0.15) is 75.0 Å². The maximum atomic E-state index is 12.7. The summed E-state index contributed by atoms with van der Waals surface area (Å²) in [5.74, 6) is 2.35. The molecule has 0 radical (unpaired) electrons. The predicted molar refractivity (Wildman–Crippen MR) is 122 cm³/mol. The Balaban J connectivity index is 1.87. The maximum Gasteiger partial charge on any atom is 0.192 e. The van der Waals surface area contributed by atoms with Crippen LogP contribution in [0.15, 0.2) is 23.1 Å². The molecular formula is C26H33NO4. The monoisotopic (exact) mass is 423 g/mol. The standard InChI is InChI=1S/C26H33NO4/c1-6-17(7-2)14-31-24-11-18-10-21(15(3)4)27-13-20(16(5)28)23(29)12-22(27)25(18)19-8-9-30-26(19)24/h11-13,15,17,21H,6-10,14H2,1-5H3. The van der Waals surface area contributed by atoms with Gasteiger partial charge in [0.15, 0.2) is 22.7 Å². The fraction of sp³-hybridized carbons (Fsp3) is 0.538. The van der Waals surface area contributed by atoms with E-state index in [-0.39, 0.29) is 22.8 Å². The van der Waals surface area contributed by atoms with Crippen LogP contribution in [-0.2, 0) is 12.8 Å². The molecule has 0 saturated carbocycles. The zero-order chi connectivity index (χ0) is 22.3. The third-order valence-electron chi connectivity index (χ3n) is 6.92. The number of hydrogen-bond donors (Lipinski definition) is 0. The van der Waals surface area contributed by atoms with Crippen molar-refractivity contribution in [2.45, 2.75) is 66.3 Å². The first-order valence-electron chi connectivity index (χ1n) is 11.6. The van der Waals surface area contributed by atoms with Crippen molar-refractivity contribution in [2.75, 3.05) is 13.2 Å². The largest absolute Gasteiger partial charge is 0.489 e. The topological polar surface area (TPSA) is 57.5 Å². The Morgan fingerprint density at radius 1 is 1.26 bits per heavy atom. The molecular weight excluding hydrogens is 390 g/mol. The molecule has 31 heavy (non-hydrogen) atoms. The number of nitrogens with zero attached hydrogens (tertiary/aromatic N) is 1. The van der Waals surface area contributed by atoms with Gasteiger partial charge in [-0.05, 0) is 36.8 Å². The third-order valence-corrected chi connectivity index (χ3v) is 6.92. The van der Waals surface area contributed by atoms with Crippen molar-refractivity contribution in [3.8, 4) is 22.8 Å². The molecule has 3 heterocycles. The molecule has 1 unspecified atom stereocenters. The Kier molecular flexibility index (Phi) is 5.96. The van der Waals surface area contributed by atoms with Gasteiger partial charge in [-0.2, -0.15) is 0 Å². The molecule has 1 aromatic heterocycles. The lowest BCUT2D eigenvalue weighted by atomic mass is 9.84. The number of hydrogen-bond acceptors (Lipinski definition) is 4. The first-order valence-corrected chi connectivity index (χ1v) is 11.6. The van der Waals surface area contributed by atoms with E-state index < -0.39 is 0 Å². The lowest BCUT2D eigenvalue weighted by Gasteiger charge is -2.34. The smallest absolute Gasteiger partial charge is 0.192 e. The van der Waals surface area contributed by atoms with E-state index in [9.17, 15) is 9.59 Å². The highest BCUT2D eigenvalue weighted by Gasteiger charge is 2.33. The fourth-order valence-corrected chi connectivity index (χ4v) is 4.89. The highest BCUT2D eigenvalue weighted by Crippen LogP contribution is 2.48. The van der Waals surface area contributed by atoms with Crippen molar-refractivity contribution in [3.05, 3.63) is 45.2 Å². The van der Waals surface area contributed by atoms with E-state index in [2.05, 4.69) is 38.3 Å². The molecule has 0 spiro atoms. The van der Waals surface area contributed by atoms with Crippen LogP contribution in [-0.4, -0.2) is 23.6 Å². The SMILES string of the molecule is CCC(CC)COc1cc2c(c3c1OCC3)-c1cc(=O)c(C(C)=O)cn1C(C(C)C)C2. The van der Waals surface area contributed by atoms with Crippen molar-refractivity contribution in [3.63, 3.8) is 0 Å². The minimum absolute atomic E-state index is 0.174. The lowest BCUT2D eigenvalue weighted by molar-refractivity contribution is 0.101. The van der Waals surface area contributed by atoms with Crippen LogP contribution in [0.3, 0.4) is 0 Å². The van der Waals surface area contributed by atoms with Crippen molar-refractivity contribution < 1.29 is 14.3 Å². The molecule has 2 aromatic rings. The molecule has 0 aliphatic carbocycles. The van der Waals surface area contributed by atoms with Crippen LogP contribution in [0.4, 0.5) is 0 Å². The van der Waals surface area contributed by atoms with Crippen LogP contribution in [0.25, 0.3) is 11.3 Å². The van der Waals surface area contributed by atoms with E-state index in [1.807, 2.05) is 0 Å². The Morgan fingerprint density at radius 3 is 2.65 bits per heavy atom. The first kappa shape index (κ1) is 21.7. The van der Waals surface area contributed by atoms with Crippen molar-refractivity contribution in [1.29, 1.82) is 0 Å². The van der Waals surface area contributed by atoms with Crippen LogP contribution in [0.2, 0.25) is 0 Å². The van der Waals surface area contributed by atoms with Crippen molar-refractivity contribution in [1.82, 2.24) is 4.57 Å². The molecule has 0 N–H and O–H groups in total. The number of pyridine rings is 1. The van der Waals surface area contributed by atoms with Gasteiger partial charge in [-0.25, -0.2) is 0 Å². The Morgan fingerprint density at radius 2 is 2.00 bits per heavy atom. The van der Waals surface area contributed by atoms with Crippen LogP contribution < -0.4 is 14.9 Å². The fourth-order valence-electron chi connectivity index (χ4n) is 4.89. The Labute approximate surface area is 184 Å². The van der Waals surface area contributed by atoms with Gasteiger partial charge in [0.1, 0.15) is 0 Å². The predicted octanol–water partition coefficient (Wildman–Crippen LogP) is 5.22. The summed E-state index contributed by atoms with van der Waals surface area (Å²) in [5.41, 5.74) is 4.36. The van der Waals surface area contributed by atoms with E-state index in [1.165, 1.54) is 12.5 Å². The van der Waals surface area contributed by atoms with E-state index in [0.717, 1.165) is 54.0 Å². The van der Waals surface area contributed by atoms with E-state index >= 15 is 0 Å². The third kappa shape index (κ3) is 3.79. The molecule has 5 nitrogen and oxygen atoms in total. The number of rotatable bonds is 7. The number of ketones is 1. The Hall–Kier alpha value is -2.56. The average molecular weight is 424 g/mol. The molecule has 4 rings (SSSR count). The van der Waals surface area contributed by atoms with Gasteiger partial charge >= 0.3 is 0 Å². The van der Waals surface area contributed by atoms with Gasteiger partial charge < -0.3 is 14.0 Å². The summed E-state index contributed by atoms with van der Waals surface area (Å²) >= 11 is 0. The zero-order valence-corrected chi connectivity index (χ0v) is 19.3. The van der Waals surface area contributed by atoms with Crippen molar-refractivity contribution >= 4 is 5.78 Å². The summed E-state index contributed by atoms with van der Waals surface area (Å²) in [6.45, 7) is 11.5. The highest BCUT2D eigenvalue weighted by atomic mass is 16.5. The summed E-state index contributed by atoms with van der Waals surface area (Å²) in [6.07, 6.45) is 5.60. The second kappa shape index (κ2) is 8.52. The van der Waals surface area contributed by atoms with Crippen LogP contribution in [0, 0.1) is 11.8 Å². The van der Waals surface area contributed by atoms with E-state index in [4.69, 9.17) is 9.47 Å². The number of carbonyl (C=O) groups excluding carboxylic acids is 1. The van der Waals surface area contributed by atoms with Gasteiger partial charge in [-0.3, -0.25) is 9.59 Å². The van der Waals surface area contributed by atoms with E-state index in [1.54, 1.807) is 12.3 Å². The second-order valence-corrected chi connectivity index (χ2v) is 9.22. The summed E-state index contributed by atoms with van der Waals surface area (Å²) in [7, 11) is 0. The van der Waals surface area contributed by atoms with Gasteiger partial charge in [0, 0.05) is 35.9 Å². The molecule has 0 saturated heterocycles. The summed E-state index contributed by atoms with van der Waals surface area (Å²) in [6, 6.07) is 3.95. The molecule has 0 amide bonds. The van der Waals surface area contributed by atoms with Crippen LogP contribution >= 0.6 is 0 Å². The van der Waals surface area contributed by atoms with Gasteiger partial charge in [-0.1, -0.05) is 40.5 Å². The second-order valence-electron chi connectivity index (χ2n) is 9.22. The molecule has 2 aliphatic rings. The normalized spacial score (nSPS) is 16.7. The number of aromatic nitrogens is 1. The minimum atomic E-state index is -0.212. The summed E-state index contributed by atoms with van der Waals surface area (Å²) in [5, 5.41) is 0. The highest BCUT2D eigenvalue weighted by molar-refractivity contribution is 5.94. The zero-order valence-electron chi connectivity index (χ0n) is 19.3. The molecule has 2 aliphatic heterocycles. The maximum absolute atomic E-state index is 12.7. The van der Waals surface area contributed by atoms with Crippen LogP contribution in [0.5, 0.6) is 11.5 Å². The number of Topliss-reactive ketones (excluding diaryl/α,β-unsaturated/α-hetero) is 1. The summed E-state index contributed by atoms with van der Waals surface area (Å²) < 4.78 is 14.4. The lowest BCUT2D eigenvalue weighted by Crippen LogP contribution is -2.28. The number of carbonyl (C=O) groups is 1. The number of benzene rings is 1. The van der Waals surface area contributed by atoms with Gasteiger partial charge in [0.25, 0.3) is 0 Å². The Bertz CT molecular complexity index is 1060. The molecule has 166 valence electrons. The van der Waals surface area contributed by atoms with Crippen molar-refractivity contribution in [2.24, 2.45) is 11.8 Å². The molecule has 1 atom stereocenters. The average Bonchev–Trinajstić information content (AvgIpc) is 3.22. The van der Waals surface area contributed by atoms with E-state index in [0.29, 0.717) is 25.0 Å². The molecule has 0 fully saturated rings. The molecule has 1 aromatic carbocycles. The quantitative estimate of drug-likeness (QED) is 0.573. The van der Waals surface area contributed by atoms with Gasteiger partial charge in [0.05, 0.1) is 24.5 Å². The summed E-state index contributed by atoms with van der Waals surface area (Å²) in [4.78, 5) is 24.8. The number of ether oxygens (including phenoxy) is 2. The minimum Gasteiger partial charge on any atom is -0.489 e. The van der Waals surface area contributed by atoms with Gasteiger partial charge in [-0.15, -0.1) is 0 Å². The van der Waals surface area contributed by atoms with Gasteiger partial charge in [0.2, 0.25) is 0 Å². The first-order chi connectivity index (χ1) is 14.8. The molecule has 0 bridgehead atoms.